The fourth-order valence-electron chi connectivity index (χ4n) is 3.82. The van der Waals surface area contributed by atoms with Gasteiger partial charge in [-0.25, -0.2) is 8.42 Å². The van der Waals surface area contributed by atoms with Crippen LogP contribution in [-0.4, -0.2) is 49.2 Å². The Labute approximate surface area is 218 Å². The van der Waals surface area contributed by atoms with Gasteiger partial charge in [0.25, 0.3) is 10.0 Å². The Hall–Kier alpha value is -3.12. The second kappa shape index (κ2) is 10.5. The van der Waals surface area contributed by atoms with Crippen LogP contribution in [0.1, 0.15) is 18.1 Å². The molecule has 0 aliphatic rings. The molecular weight excluding hydrogens is 522 g/mol. The van der Waals surface area contributed by atoms with Gasteiger partial charge in [0, 0.05) is 6.54 Å². The highest BCUT2D eigenvalue weighted by molar-refractivity contribution is 7.94. The third-order valence-electron chi connectivity index (χ3n) is 5.83. The lowest BCUT2D eigenvalue weighted by molar-refractivity contribution is -0.122. The van der Waals surface area contributed by atoms with E-state index in [0.29, 0.717) is 34.1 Å². The van der Waals surface area contributed by atoms with Gasteiger partial charge in [0.2, 0.25) is 5.91 Å². The van der Waals surface area contributed by atoms with Crippen LogP contribution in [0.4, 0.5) is 5.82 Å². The summed E-state index contributed by atoms with van der Waals surface area (Å²) in [6.45, 7) is 2.70. The minimum atomic E-state index is -3.89. The Balaban J connectivity index is 1.68. The van der Waals surface area contributed by atoms with Crippen LogP contribution in [0, 0.1) is 0 Å². The topological polar surface area (TPSA) is 120 Å². The molecule has 0 spiro atoms. The first kappa shape index (κ1) is 26.0. The fraction of sp³-hybridized carbons (Fsp3) is 0.250. The third-order valence-corrected chi connectivity index (χ3v) is 8.89. The monoisotopic (exact) mass is 547 g/mol. The summed E-state index contributed by atoms with van der Waals surface area (Å²) >= 11 is 6.91. The number of sulfonamides is 1. The van der Waals surface area contributed by atoms with Crippen molar-refractivity contribution in [1.82, 2.24) is 14.7 Å². The number of carbonyl (C=O) groups excluding carboxylic acids is 1. The van der Waals surface area contributed by atoms with E-state index < -0.39 is 16.1 Å². The van der Waals surface area contributed by atoms with Crippen molar-refractivity contribution in [2.24, 2.45) is 5.73 Å². The predicted octanol–water partition coefficient (Wildman–Crippen LogP) is 3.91. The number of carbonyl (C=O) groups is 1. The van der Waals surface area contributed by atoms with Gasteiger partial charge in [0.15, 0.2) is 5.82 Å². The summed E-state index contributed by atoms with van der Waals surface area (Å²) in [5, 5.41) is 5.15. The lowest BCUT2D eigenvalue weighted by atomic mass is 10.1. The molecule has 4 aromatic rings. The van der Waals surface area contributed by atoms with Gasteiger partial charge in [0.1, 0.15) is 9.96 Å². The SMILES string of the molecule is COc1cccc2c1c(NS(=O)(=O)c1ccc(Cl)s1)nn2Cc1cccc(CN(C)[C@H](C)C(N)=O)c1. The number of thiophene rings is 1. The van der Waals surface area contributed by atoms with Crippen molar-refractivity contribution in [2.45, 2.75) is 30.3 Å². The molecule has 12 heteroatoms. The molecule has 0 aliphatic heterocycles. The summed E-state index contributed by atoms with van der Waals surface area (Å²) < 4.78 is 36.3. The first-order valence-electron chi connectivity index (χ1n) is 11.0. The van der Waals surface area contributed by atoms with Gasteiger partial charge >= 0.3 is 0 Å². The van der Waals surface area contributed by atoms with Crippen molar-refractivity contribution in [3.8, 4) is 5.75 Å². The molecule has 36 heavy (non-hydrogen) atoms. The molecule has 0 unspecified atom stereocenters. The van der Waals surface area contributed by atoms with Crippen molar-refractivity contribution in [2.75, 3.05) is 18.9 Å². The van der Waals surface area contributed by atoms with E-state index in [1.54, 1.807) is 17.7 Å². The van der Waals surface area contributed by atoms with Crippen molar-refractivity contribution in [3.05, 3.63) is 70.1 Å². The number of methoxy groups -OCH3 is 1. The van der Waals surface area contributed by atoms with Crippen molar-refractivity contribution >= 4 is 55.6 Å². The molecule has 2 aromatic heterocycles. The van der Waals surface area contributed by atoms with Crippen LogP contribution in [0.15, 0.2) is 58.8 Å². The molecule has 0 radical (unpaired) electrons. The number of nitrogens with zero attached hydrogens (tertiary/aromatic N) is 3. The van der Waals surface area contributed by atoms with Crippen LogP contribution >= 0.6 is 22.9 Å². The molecule has 190 valence electrons. The Morgan fingerprint density at radius 3 is 2.61 bits per heavy atom. The molecule has 2 heterocycles. The van der Waals surface area contributed by atoms with Gasteiger partial charge in [-0.1, -0.05) is 41.9 Å². The highest BCUT2D eigenvalue weighted by Crippen LogP contribution is 2.35. The fourth-order valence-corrected chi connectivity index (χ4v) is 6.31. The summed E-state index contributed by atoms with van der Waals surface area (Å²) in [6, 6.07) is 15.9. The molecule has 0 fully saturated rings. The highest BCUT2D eigenvalue weighted by Gasteiger charge is 2.23. The standard InChI is InChI=1S/C24H26ClN5O4S2/c1-15(23(26)31)29(2)13-16-6-4-7-17(12-16)14-30-18-8-5-9-19(34-3)22(18)24(27-30)28-36(32,33)21-11-10-20(25)35-21/h4-12,15H,13-14H2,1-3H3,(H2,26,31)(H,27,28)/t15-/m1/s1. The molecule has 4 rings (SSSR count). The molecular formula is C24H26ClN5O4S2. The van der Waals surface area contributed by atoms with Crippen LogP contribution in [0.2, 0.25) is 4.34 Å². The predicted molar refractivity (Wildman–Crippen MR) is 142 cm³/mol. The number of primary amides is 1. The van der Waals surface area contributed by atoms with E-state index in [1.165, 1.54) is 19.2 Å². The largest absolute Gasteiger partial charge is 0.496 e. The second-order valence-electron chi connectivity index (χ2n) is 8.34. The van der Waals surface area contributed by atoms with Gasteiger partial charge in [0.05, 0.1) is 34.9 Å². The number of halogens is 1. The minimum absolute atomic E-state index is 0.0899. The smallest absolute Gasteiger partial charge is 0.272 e. The zero-order valence-corrected chi connectivity index (χ0v) is 22.3. The Bertz CT molecular complexity index is 1520. The lowest BCUT2D eigenvalue weighted by Crippen LogP contribution is -2.39. The quantitative estimate of drug-likeness (QED) is 0.310. The Kier molecular flexibility index (Phi) is 7.55. The number of hydrogen-bond donors (Lipinski definition) is 2. The molecule has 1 atom stereocenters. The number of benzene rings is 2. The Morgan fingerprint density at radius 1 is 1.22 bits per heavy atom. The van der Waals surface area contributed by atoms with E-state index in [1.807, 2.05) is 48.3 Å². The molecule has 0 saturated carbocycles. The van der Waals surface area contributed by atoms with Gasteiger partial charge in [-0.05, 0) is 49.4 Å². The summed E-state index contributed by atoms with van der Waals surface area (Å²) in [5.41, 5.74) is 8.10. The molecule has 0 saturated heterocycles. The summed E-state index contributed by atoms with van der Waals surface area (Å²) in [4.78, 5) is 13.4. The van der Waals surface area contributed by atoms with Gasteiger partial charge in [-0.15, -0.1) is 11.3 Å². The number of likely N-dealkylation sites (N-methyl/N-ethyl adjacent to an activating group) is 1. The van der Waals surface area contributed by atoms with E-state index in [-0.39, 0.29) is 15.9 Å². The average molecular weight is 548 g/mol. The summed E-state index contributed by atoms with van der Waals surface area (Å²) in [7, 11) is -0.528. The molecule has 3 N–H and O–H groups in total. The van der Waals surface area contributed by atoms with Gasteiger partial charge in [-0.3, -0.25) is 19.1 Å². The first-order chi connectivity index (χ1) is 17.1. The number of fused-ring (bicyclic) bond motifs is 1. The number of anilines is 1. The number of ether oxygens (including phenoxy) is 1. The molecule has 9 nitrogen and oxygen atoms in total. The number of nitrogens with two attached hydrogens (primary N) is 1. The highest BCUT2D eigenvalue weighted by atomic mass is 35.5. The molecule has 1 amide bonds. The number of nitrogens with one attached hydrogen (secondary N) is 1. The molecule has 0 bridgehead atoms. The van der Waals surface area contributed by atoms with Crippen molar-refractivity contribution in [3.63, 3.8) is 0 Å². The van der Waals surface area contributed by atoms with E-state index in [4.69, 9.17) is 22.1 Å². The van der Waals surface area contributed by atoms with E-state index >= 15 is 0 Å². The maximum atomic E-state index is 13.0. The van der Waals surface area contributed by atoms with Crippen LogP contribution in [0.25, 0.3) is 10.9 Å². The third kappa shape index (κ3) is 5.49. The normalized spacial score (nSPS) is 12.7. The van der Waals surface area contributed by atoms with Crippen LogP contribution < -0.4 is 15.2 Å². The lowest BCUT2D eigenvalue weighted by Gasteiger charge is -2.22. The van der Waals surface area contributed by atoms with Crippen LogP contribution in [0.5, 0.6) is 5.75 Å². The number of rotatable bonds is 10. The van der Waals surface area contributed by atoms with Crippen LogP contribution in [0.3, 0.4) is 0 Å². The summed E-state index contributed by atoms with van der Waals surface area (Å²) in [6.07, 6.45) is 0. The second-order valence-corrected chi connectivity index (χ2v) is 12.0. The van der Waals surface area contributed by atoms with E-state index in [0.717, 1.165) is 22.5 Å². The van der Waals surface area contributed by atoms with Gasteiger partial charge in [-0.2, -0.15) is 5.10 Å². The number of hydrogen-bond acceptors (Lipinski definition) is 7. The number of aromatic nitrogens is 2. The Morgan fingerprint density at radius 2 is 1.94 bits per heavy atom. The average Bonchev–Trinajstić information content (AvgIpc) is 3.42. The number of amides is 1. The first-order valence-corrected chi connectivity index (χ1v) is 13.7. The zero-order valence-electron chi connectivity index (χ0n) is 19.9. The van der Waals surface area contributed by atoms with E-state index in [2.05, 4.69) is 9.82 Å². The van der Waals surface area contributed by atoms with E-state index in [9.17, 15) is 13.2 Å². The van der Waals surface area contributed by atoms with Crippen molar-refractivity contribution < 1.29 is 17.9 Å². The molecule has 2 aromatic carbocycles. The molecule has 0 aliphatic carbocycles. The minimum Gasteiger partial charge on any atom is -0.496 e. The van der Waals surface area contributed by atoms with Crippen molar-refractivity contribution in [1.29, 1.82) is 0 Å². The summed E-state index contributed by atoms with van der Waals surface area (Å²) in [5.74, 6) is 0.278. The maximum Gasteiger partial charge on any atom is 0.272 e. The zero-order chi connectivity index (χ0) is 26.0. The van der Waals surface area contributed by atoms with Gasteiger partial charge < -0.3 is 10.5 Å². The maximum absolute atomic E-state index is 13.0. The van der Waals surface area contributed by atoms with Crippen LogP contribution in [-0.2, 0) is 27.9 Å².